The van der Waals surface area contributed by atoms with E-state index in [9.17, 15) is 9.59 Å². The smallest absolute Gasteiger partial charge is 0.223 e. The summed E-state index contributed by atoms with van der Waals surface area (Å²) in [6.45, 7) is 1.09. The van der Waals surface area contributed by atoms with Gasteiger partial charge in [0, 0.05) is 51.3 Å². The second-order valence-electron chi connectivity index (χ2n) is 5.66. The number of rotatable bonds is 8. The molecule has 0 saturated heterocycles. The Morgan fingerprint density at radius 1 is 1.04 bits per heavy atom. The molecule has 0 aliphatic rings. The first-order valence-electron chi connectivity index (χ1n) is 8.09. The lowest BCUT2D eigenvalue weighted by Crippen LogP contribution is -2.30. The van der Waals surface area contributed by atoms with Gasteiger partial charge in [-0.25, -0.2) is 0 Å². The highest BCUT2D eigenvalue weighted by molar-refractivity contribution is 5.83. The van der Waals surface area contributed by atoms with Crippen molar-refractivity contribution >= 4 is 11.8 Å². The van der Waals surface area contributed by atoms with E-state index < -0.39 is 0 Å². The molecule has 0 fully saturated rings. The number of carbonyl (C=O) groups excluding carboxylic acids is 2. The van der Waals surface area contributed by atoms with Gasteiger partial charge in [-0.3, -0.25) is 14.6 Å². The Labute approximate surface area is 142 Å². The molecule has 0 unspecified atom stereocenters. The molecule has 126 valence electrons. The van der Waals surface area contributed by atoms with Crippen molar-refractivity contribution in [1.82, 2.24) is 15.2 Å². The first-order valence-corrected chi connectivity index (χ1v) is 8.09. The van der Waals surface area contributed by atoms with E-state index in [1.54, 1.807) is 18.1 Å². The topological polar surface area (TPSA) is 62.3 Å². The summed E-state index contributed by atoms with van der Waals surface area (Å²) >= 11 is 0. The van der Waals surface area contributed by atoms with Gasteiger partial charge in [0.05, 0.1) is 0 Å². The first kappa shape index (κ1) is 17.7. The molecule has 1 N–H and O–H groups in total. The fourth-order valence-corrected chi connectivity index (χ4v) is 2.32. The Hall–Kier alpha value is -2.69. The number of hydrogen-bond donors (Lipinski definition) is 1. The minimum Gasteiger partial charge on any atom is -0.356 e. The van der Waals surface area contributed by atoms with Crippen molar-refractivity contribution in [3.63, 3.8) is 0 Å². The number of hydrogen-bond acceptors (Lipinski definition) is 3. The van der Waals surface area contributed by atoms with Gasteiger partial charge in [0.1, 0.15) is 0 Å². The maximum absolute atomic E-state index is 12.1. The molecule has 0 aliphatic carbocycles. The molecule has 2 rings (SSSR count). The number of carbonyl (C=O) groups is 2. The van der Waals surface area contributed by atoms with Crippen molar-refractivity contribution in [3.05, 3.63) is 66.0 Å². The zero-order valence-electron chi connectivity index (χ0n) is 13.9. The fraction of sp³-hybridized carbons (Fsp3) is 0.316. The molecule has 2 amide bonds. The molecule has 0 spiro atoms. The summed E-state index contributed by atoms with van der Waals surface area (Å²) in [7, 11) is 1.76. The van der Waals surface area contributed by atoms with E-state index in [1.165, 1.54) is 0 Å². The summed E-state index contributed by atoms with van der Waals surface area (Å²) < 4.78 is 0. The van der Waals surface area contributed by atoms with Gasteiger partial charge in [-0.15, -0.1) is 0 Å². The van der Waals surface area contributed by atoms with Gasteiger partial charge < -0.3 is 10.2 Å². The van der Waals surface area contributed by atoms with Crippen molar-refractivity contribution in [2.45, 2.75) is 25.8 Å². The normalized spacial score (nSPS) is 10.2. The van der Waals surface area contributed by atoms with Crippen molar-refractivity contribution in [2.75, 3.05) is 13.6 Å². The number of amides is 2. The molecule has 0 radical (unpaired) electrons. The third-order valence-electron chi connectivity index (χ3n) is 3.68. The van der Waals surface area contributed by atoms with E-state index in [1.807, 2.05) is 48.5 Å². The molecular formula is C19H23N3O2. The minimum absolute atomic E-state index is 0.0290. The predicted molar refractivity (Wildman–Crippen MR) is 93.1 cm³/mol. The second-order valence-corrected chi connectivity index (χ2v) is 5.66. The summed E-state index contributed by atoms with van der Waals surface area (Å²) in [6.07, 6.45) is 2.85. The minimum atomic E-state index is -0.104. The Balaban J connectivity index is 1.64. The maximum atomic E-state index is 12.1. The molecule has 2 aromatic rings. The SMILES string of the molecule is CN(Cc1ccccc1)C(=O)CCC(=O)NCCc1ccccn1. The van der Waals surface area contributed by atoms with E-state index >= 15 is 0 Å². The van der Waals surface area contributed by atoms with Crippen LogP contribution in [0.25, 0.3) is 0 Å². The summed E-state index contributed by atoms with van der Waals surface area (Å²) in [4.78, 5) is 29.7. The van der Waals surface area contributed by atoms with Gasteiger partial charge in [0.25, 0.3) is 0 Å². The Bertz CT molecular complexity index is 644. The van der Waals surface area contributed by atoms with Gasteiger partial charge in [0.15, 0.2) is 0 Å². The average molecular weight is 325 g/mol. The van der Waals surface area contributed by atoms with Crippen LogP contribution in [0.3, 0.4) is 0 Å². The lowest BCUT2D eigenvalue weighted by molar-refractivity contribution is -0.133. The number of nitrogens with one attached hydrogen (secondary N) is 1. The molecule has 5 nitrogen and oxygen atoms in total. The number of aromatic nitrogens is 1. The third kappa shape index (κ3) is 6.20. The summed E-state index contributed by atoms with van der Waals surface area (Å²) in [5.74, 6) is -0.133. The van der Waals surface area contributed by atoms with Crippen LogP contribution in [0, 0.1) is 0 Å². The third-order valence-corrected chi connectivity index (χ3v) is 3.68. The molecule has 24 heavy (non-hydrogen) atoms. The summed E-state index contributed by atoms with van der Waals surface area (Å²) in [5, 5.41) is 2.83. The van der Waals surface area contributed by atoms with Crippen LogP contribution in [-0.2, 0) is 22.6 Å². The lowest BCUT2D eigenvalue weighted by Gasteiger charge is -2.17. The largest absolute Gasteiger partial charge is 0.356 e. The van der Waals surface area contributed by atoms with Crippen molar-refractivity contribution < 1.29 is 9.59 Å². The Morgan fingerprint density at radius 3 is 2.50 bits per heavy atom. The van der Waals surface area contributed by atoms with Crippen molar-refractivity contribution in [1.29, 1.82) is 0 Å². The molecule has 1 aromatic heterocycles. The molecule has 0 bridgehead atoms. The Morgan fingerprint density at radius 2 is 1.79 bits per heavy atom. The zero-order chi connectivity index (χ0) is 17.2. The first-order chi connectivity index (χ1) is 11.6. The van der Waals surface area contributed by atoms with Gasteiger partial charge in [-0.1, -0.05) is 36.4 Å². The van der Waals surface area contributed by atoms with Gasteiger partial charge in [-0.2, -0.15) is 0 Å². The van der Waals surface area contributed by atoms with Gasteiger partial charge in [0.2, 0.25) is 11.8 Å². The van der Waals surface area contributed by atoms with Crippen LogP contribution in [0.1, 0.15) is 24.1 Å². The molecule has 1 heterocycles. The highest BCUT2D eigenvalue weighted by Gasteiger charge is 2.11. The predicted octanol–water partition coefficient (Wildman–Crippen LogP) is 2.18. The van der Waals surface area contributed by atoms with Crippen LogP contribution in [-0.4, -0.2) is 35.3 Å². The maximum Gasteiger partial charge on any atom is 0.223 e. The van der Waals surface area contributed by atoms with Crippen molar-refractivity contribution in [2.24, 2.45) is 0 Å². The monoisotopic (exact) mass is 325 g/mol. The van der Waals surface area contributed by atoms with Gasteiger partial charge >= 0.3 is 0 Å². The van der Waals surface area contributed by atoms with E-state index in [0.717, 1.165) is 11.3 Å². The van der Waals surface area contributed by atoms with Crippen LogP contribution >= 0.6 is 0 Å². The van der Waals surface area contributed by atoms with Crippen LogP contribution < -0.4 is 5.32 Å². The number of nitrogens with zero attached hydrogens (tertiary/aromatic N) is 2. The molecule has 0 atom stereocenters. The highest BCUT2D eigenvalue weighted by Crippen LogP contribution is 2.05. The summed E-state index contributed by atoms with van der Waals surface area (Å²) in [6, 6.07) is 15.5. The lowest BCUT2D eigenvalue weighted by atomic mass is 10.2. The van der Waals surface area contributed by atoms with Crippen LogP contribution in [0.15, 0.2) is 54.7 Å². The molecular weight excluding hydrogens is 302 g/mol. The van der Waals surface area contributed by atoms with Crippen LogP contribution in [0.2, 0.25) is 0 Å². The van der Waals surface area contributed by atoms with Crippen LogP contribution in [0.5, 0.6) is 0 Å². The number of pyridine rings is 1. The standard InChI is InChI=1S/C19H23N3O2/c1-22(15-16-7-3-2-4-8-16)19(24)11-10-18(23)21-14-12-17-9-5-6-13-20-17/h2-9,13H,10-12,14-15H2,1H3,(H,21,23). The van der Waals surface area contributed by atoms with Crippen LogP contribution in [0.4, 0.5) is 0 Å². The molecule has 5 heteroatoms. The number of benzene rings is 1. The quantitative estimate of drug-likeness (QED) is 0.809. The van der Waals surface area contributed by atoms with E-state index in [4.69, 9.17) is 0 Å². The highest BCUT2D eigenvalue weighted by atomic mass is 16.2. The summed E-state index contributed by atoms with van der Waals surface area (Å²) in [5.41, 5.74) is 2.02. The average Bonchev–Trinajstić information content (AvgIpc) is 2.61. The molecule has 1 aromatic carbocycles. The van der Waals surface area contributed by atoms with Gasteiger partial charge in [-0.05, 0) is 17.7 Å². The van der Waals surface area contributed by atoms with E-state index in [0.29, 0.717) is 19.5 Å². The zero-order valence-corrected chi connectivity index (χ0v) is 13.9. The molecule has 0 aliphatic heterocycles. The molecule has 0 saturated carbocycles. The van der Waals surface area contributed by atoms with Crippen molar-refractivity contribution in [3.8, 4) is 0 Å². The Kier molecular flexibility index (Phi) is 6.95. The van der Waals surface area contributed by atoms with E-state index in [-0.39, 0.29) is 24.7 Å². The fourth-order valence-electron chi connectivity index (χ4n) is 2.32. The second kappa shape index (κ2) is 9.45. The van der Waals surface area contributed by atoms with E-state index in [2.05, 4.69) is 10.3 Å².